The highest BCUT2D eigenvalue weighted by molar-refractivity contribution is 6.32. The van der Waals surface area contributed by atoms with Crippen LogP contribution < -0.4 is 10.1 Å². The minimum absolute atomic E-state index is 0.0276. The van der Waals surface area contributed by atoms with E-state index >= 15 is 0 Å². The van der Waals surface area contributed by atoms with Gasteiger partial charge in [-0.15, -0.1) is 0 Å². The molecular weight excluding hydrogens is 295 g/mol. The van der Waals surface area contributed by atoms with Gasteiger partial charge in [0, 0.05) is 6.04 Å². The SMILES string of the molecule is CC(C)Nc1cccc(C(=O)Oc2ccc(F)cc2Cl)n1. The molecule has 0 saturated heterocycles. The molecule has 0 aliphatic carbocycles. The lowest BCUT2D eigenvalue weighted by atomic mass is 10.3. The Bertz CT molecular complexity index is 662. The van der Waals surface area contributed by atoms with Gasteiger partial charge in [0.25, 0.3) is 0 Å². The first-order valence-electron chi connectivity index (χ1n) is 6.36. The van der Waals surface area contributed by atoms with E-state index in [1.807, 2.05) is 13.8 Å². The first-order valence-corrected chi connectivity index (χ1v) is 6.74. The van der Waals surface area contributed by atoms with Crippen LogP contribution in [0.2, 0.25) is 5.02 Å². The molecule has 1 N–H and O–H groups in total. The van der Waals surface area contributed by atoms with Crippen LogP contribution in [-0.2, 0) is 0 Å². The lowest BCUT2D eigenvalue weighted by molar-refractivity contribution is 0.0728. The Morgan fingerprint density at radius 1 is 1.33 bits per heavy atom. The molecule has 110 valence electrons. The second-order valence-corrected chi connectivity index (χ2v) is 5.08. The van der Waals surface area contributed by atoms with E-state index in [9.17, 15) is 9.18 Å². The number of nitrogens with one attached hydrogen (secondary N) is 1. The van der Waals surface area contributed by atoms with E-state index in [4.69, 9.17) is 16.3 Å². The van der Waals surface area contributed by atoms with Gasteiger partial charge in [0.2, 0.25) is 0 Å². The fourth-order valence-corrected chi connectivity index (χ4v) is 1.84. The average Bonchev–Trinajstić information content (AvgIpc) is 2.41. The fraction of sp³-hybridized carbons (Fsp3) is 0.200. The van der Waals surface area contributed by atoms with Gasteiger partial charge in [-0.3, -0.25) is 0 Å². The zero-order valence-corrected chi connectivity index (χ0v) is 12.3. The van der Waals surface area contributed by atoms with Gasteiger partial charge < -0.3 is 10.1 Å². The minimum Gasteiger partial charge on any atom is -0.420 e. The third-order valence-electron chi connectivity index (χ3n) is 2.49. The first kappa shape index (κ1) is 15.3. The number of carbonyl (C=O) groups excluding carboxylic acids is 1. The predicted molar refractivity (Wildman–Crippen MR) is 79.4 cm³/mol. The third kappa shape index (κ3) is 4.16. The van der Waals surface area contributed by atoms with Crippen molar-refractivity contribution in [3.8, 4) is 5.75 Å². The van der Waals surface area contributed by atoms with Crippen molar-refractivity contribution in [3.05, 3.63) is 52.9 Å². The second kappa shape index (κ2) is 6.54. The summed E-state index contributed by atoms with van der Waals surface area (Å²) in [6.45, 7) is 3.93. The summed E-state index contributed by atoms with van der Waals surface area (Å²) >= 11 is 5.81. The van der Waals surface area contributed by atoms with Gasteiger partial charge in [-0.25, -0.2) is 14.2 Å². The van der Waals surface area contributed by atoms with E-state index in [-0.39, 0.29) is 22.5 Å². The number of ether oxygens (including phenoxy) is 1. The Morgan fingerprint density at radius 2 is 2.10 bits per heavy atom. The highest BCUT2D eigenvalue weighted by Crippen LogP contribution is 2.25. The van der Waals surface area contributed by atoms with Crippen molar-refractivity contribution in [2.24, 2.45) is 0 Å². The molecule has 1 aromatic carbocycles. The predicted octanol–water partition coefficient (Wildman–Crippen LogP) is 3.91. The fourth-order valence-electron chi connectivity index (χ4n) is 1.63. The molecule has 6 heteroatoms. The number of esters is 1. The van der Waals surface area contributed by atoms with Crippen LogP contribution in [0.3, 0.4) is 0 Å². The number of aromatic nitrogens is 1. The number of pyridine rings is 1. The number of rotatable bonds is 4. The van der Waals surface area contributed by atoms with Crippen molar-refractivity contribution in [2.45, 2.75) is 19.9 Å². The molecule has 1 heterocycles. The molecule has 4 nitrogen and oxygen atoms in total. The third-order valence-corrected chi connectivity index (χ3v) is 2.79. The number of halogens is 2. The smallest absolute Gasteiger partial charge is 0.362 e. The van der Waals surface area contributed by atoms with Crippen molar-refractivity contribution < 1.29 is 13.9 Å². The summed E-state index contributed by atoms with van der Waals surface area (Å²) in [5, 5.41) is 3.12. The number of hydrogen-bond acceptors (Lipinski definition) is 4. The van der Waals surface area contributed by atoms with Crippen LogP contribution in [0, 0.1) is 5.82 Å². The van der Waals surface area contributed by atoms with Gasteiger partial charge in [0.15, 0.2) is 5.69 Å². The summed E-state index contributed by atoms with van der Waals surface area (Å²) < 4.78 is 18.1. The highest BCUT2D eigenvalue weighted by Gasteiger charge is 2.13. The van der Waals surface area contributed by atoms with Crippen molar-refractivity contribution in [3.63, 3.8) is 0 Å². The van der Waals surface area contributed by atoms with E-state index in [0.717, 1.165) is 6.07 Å². The Kier molecular flexibility index (Phi) is 4.75. The molecule has 2 aromatic rings. The van der Waals surface area contributed by atoms with Gasteiger partial charge >= 0.3 is 5.97 Å². The molecule has 0 saturated carbocycles. The van der Waals surface area contributed by atoms with E-state index in [0.29, 0.717) is 5.82 Å². The number of anilines is 1. The molecule has 0 bridgehead atoms. The monoisotopic (exact) mass is 308 g/mol. The molecule has 0 fully saturated rings. The molecule has 0 amide bonds. The molecule has 2 rings (SSSR count). The summed E-state index contributed by atoms with van der Waals surface area (Å²) in [7, 11) is 0. The number of hydrogen-bond donors (Lipinski definition) is 1. The van der Waals surface area contributed by atoms with Gasteiger partial charge in [0.05, 0.1) is 5.02 Å². The van der Waals surface area contributed by atoms with Crippen molar-refractivity contribution in [2.75, 3.05) is 5.32 Å². The van der Waals surface area contributed by atoms with Crippen LogP contribution in [0.4, 0.5) is 10.2 Å². The van der Waals surface area contributed by atoms with Gasteiger partial charge in [-0.05, 0) is 44.2 Å². The summed E-state index contributed by atoms with van der Waals surface area (Å²) in [6.07, 6.45) is 0. The molecule has 0 aliphatic heterocycles. The maximum atomic E-state index is 12.9. The van der Waals surface area contributed by atoms with Crippen LogP contribution in [0.25, 0.3) is 0 Å². The quantitative estimate of drug-likeness (QED) is 0.687. The second-order valence-electron chi connectivity index (χ2n) is 4.67. The topological polar surface area (TPSA) is 51.2 Å². The lowest BCUT2D eigenvalue weighted by Crippen LogP contribution is -2.15. The van der Waals surface area contributed by atoms with Crippen LogP contribution in [0.5, 0.6) is 5.75 Å². The molecule has 1 aromatic heterocycles. The first-order chi connectivity index (χ1) is 9.95. The maximum absolute atomic E-state index is 12.9. The Balaban J connectivity index is 2.16. The van der Waals surface area contributed by atoms with Crippen molar-refractivity contribution >= 4 is 23.4 Å². The van der Waals surface area contributed by atoms with E-state index in [2.05, 4.69) is 10.3 Å². The minimum atomic E-state index is -0.657. The number of benzene rings is 1. The van der Waals surface area contributed by atoms with Gasteiger partial charge in [-0.2, -0.15) is 0 Å². The Morgan fingerprint density at radius 3 is 2.76 bits per heavy atom. The standard InChI is InChI=1S/C15H14ClFN2O2/c1-9(2)18-14-5-3-4-12(19-14)15(20)21-13-7-6-10(17)8-11(13)16/h3-9H,1-2H3,(H,18,19). The zero-order chi connectivity index (χ0) is 15.4. The average molecular weight is 309 g/mol. The normalized spacial score (nSPS) is 10.5. The van der Waals surface area contributed by atoms with Crippen LogP contribution in [0.1, 0.15) is 24.3 Å². The number of nitrogens with zero attached hydrogens (tertiary/aromatic N) is 1. The van der Waals surface area contributed by atoms with Crippen molar-refractivity contribution in [1.82, 2.24) is 4.98 Å². The molecular formula is C15H14ClFN2O2. The molecule has 0 unspecified atom stereocenters. The summed E-state index contributed by atoms with van der Waals surface area (Å²) in [5.41, 5.74) is 0.140. The Hall–Kier alpha value is -2.14. The van der Waals surface area contributed by atoms with Gasteiger partial charge in [-0.1, -0.05) is 17.7 Å². The highest BCUT2D eigenvalue weighted by atomic mass is 35.5. The lowest BCUT2D eigenvalue weighted by Gasteiger charge is -2.10. The Labute approximate surface area is 126 Å². The molecule has 0 radical (unpaired) electrons. The van der Waals surface area contributed by atoms with Crippen molar-refractivity contribution in [1.29, 1.82) is 0 Å². The summed E-state index contributed by atoms with van der Waals surface area (Å²) in [5.74, 6) is -0.492. The molecule has 21 heavy (non-hydrogen) atoms. The van der Waals surface area contributed by atoms with Crippen LogP contribution >= 0.6 is 11.6 Å². The van der Waals surface area contributed by atoms with E-state index in [1.165, 1.54) is 18.2 Å². The van der Waals surface area contributed by atoms with E-state index in [1.54, 1.807) is 12.1 Å². The largest absolute Gasteiger partial charge is 0.420 e. The molecule has 0 atom stereocenters. The van der Waals surface area contributed by atoms with Gasteiger partial charge in [0.1, 0.15) is 17.4 Å². The maximum Gasteiger partial charge on any atom is 0.362 e. The van der Waals surface area contributed by atoms with Crippen LogP contribution in [0.15, 0.2) is 36.4 Å². The number of carbonyl (C=O) groups is 1. The van der Waals surface area contributed by atoms with Crippen LogP contribution in [-0.4, -0.2) is 17.0 Å². The zero-order valence-electron chi connectivity index (χ0n) is 11.6. The molecule has 0 aliphatic rings. The summed E-state index contributed by atoms with van der Waals surface area (Å²) in [6, 6.07) is 8.71. The summed E-state index contributed by atoms with van der Waals surface area (Å²) in [4.78, 5) is 16.2. The molecule has 0 spiro atoms. The van der Waals surface area contributed by atoms with E-state index < -0.39 is 11.8 Å².